The molecular formula is C13H15BrN2O2S2. The second-order valence-corrected chi connectivity index (χ2v) is 7.82. The molecule has 0 saturated carbocycles. The topological polar surface area (TPSA) is 58.2 Å². The van der Waals surface area contributed by atoms with Crippen molar-refractivity contribution < 1.29 is 8.42 Å². The van der Waals surface area contributed by atoms with Crippen molar-refractivity contribution in [2.45, 2.75) is 18.0 Å². The molecule has 7 heteroatoms. The Balaban J connectivity index is 2.21. The van der Waals surface area contributed by atoms with Crippen molar-refractivity contribution in [2.24, 2.45) is 0 Å². The number of halogens is 1. The van der Waals surface area contributed by atoms with Crippen LogP contribution < -0.4 is 10.0 Å². The summed E-state index contributed by atoms with van der Waals surface area (Å²) in [6.07, 6.45) is 0. The smallest absolute Gasteiger partial charge is 0.242 e. The normalized spacial score (nSPS) is 11.7. The van der Waals surface area contributed by atoms with E-state index in [4.69, 9.17) is 0 Å². The number of hydrogen-bond acceptors (Lipinski definition) is 4. The zero-order valence-electron chi connectivity index (χ0n) is 10.9. The van der Waals surface area contributed by atoms with Crippen LogP contribution in [0.5, 0.6) is 0 Å². The third-order valence-corrected chi connectivity index (χ3v) is 5.95. The Bertz CT molecular complexity index is 670. The average molecular weight is 375 g/mol. The number of sulfonamides is 1. The molecule has 4 nitrogen and oxygen atoms in total. The van der Waals surface area contributed by atoms with Crippen molar-refractivity contribution in [1.82, 2.24) is 10.0 Å². The van der Waals surface area contributed by atoms with Crippen LogP contribution in [0, 0.1) is 0 Å². The Morgan fingerprint density at radius 1 is 1.25 bits per heavy atom. The lowest BCUT2D eigenvalue weighted by atomic mass is 10.2. The van der Waals surface area contributed by atoms with Gasteiger partial charge in [-0.15, -0.1) is 11.3 Å². The second-order valence-electron chi connectivity index (χ2n) is 4.20. The third-order valence-electron chi connectivity index (χ3n) is 2.68. The van der Waals surface area contributed by atoms with Crippen LogP contribution in [-0.4, -0.2) is 15.5 Å². The monoisotopic (exact) mass is 374 g/mol. The van der Waals surface area contributed by atoms with Crippen molar-refractivity contribution in [3.63, 3.8) is 0 Å². The highest BCUT2D eigenvalue weighted by Crippen LogP contribution is 2.23. The summed E-state index contributed by atoms with van der Waals surface area (Å²) in [4.78, 5) is 1.25. The van der Waals surface area contributed by atoms with E-state index in [0.717, 1.165) is 10.4 Å². The molecule has 108 valence electrons. The van der Waals surface area contributed by atoms with Gasteiger partial charge in [-0.3, -0.25) is 0 Å². The number of rotatable bonds is 6. The van der Waals surface area contributed by atoms with Gasteiger partial charge in [0.15, 0.2) is 0 Å². The molecule has 2 rings (SSSR count). The Hall–Kier alpha value is -0.730. The van der Waals surface area contributed by atoms with Crippen molar-refractivity contribution in [1.29, 1.82) is 0 Å². The molecule has 0 amide bonds. The summed E-state index contributed by atoms with van der Waals surface area (Å²) in [6.45, 7) is 0.934. The molecule has 20 heavy (non-hydrogen) atoms. The maximum absolute atomic E-state index is 12.3. The van der Waals surface area contributed by atoms with Gasteiger partial charge < -0.3 is 5.32 Å². The summed E-state index contributed by atoms with van der Waals surface area (Å²) < 4.78 is 27.9. The van der Waals surface area contributed by atoms with Gasteiger partial charge in [0.1, 0.15) is 0 Å². The minimum atomic E-state index is -3.53. The SMILES string of the molecule is CNCc1ccc(Br)c(S(=O)(=O)NCc2cccs2)c1. The van der Waals surface area contributed by atoms with Crippen LogP contribution in [0.1, 0.15) is 10.4 Å². The lowest BCUT2D eigenvalue weighted by Crippen LogP contribution is -2.23. The molecule has 1 aromatic heterocycles. The second kappa shape index (κ2) is 6.82. The minimum absolute atomic E-state index is 0.266. The van der Waals surface area contributed by atoms with Crippen LogP contribution in [0.15, 0.2) is 45.1 Å². The van der Waals surface area contributed by atoms with E-state index in [1.165, 1.54) is 11.3 Å². The first-order chi connectivity index (χ1) is 9.53. The lowest BCUT2D eigenvalue weighted by molar-refractivity contribution is 0.581. The molecule has 0 fully saturated rings. The predicted octanol–water partition coefficient (Wildman–Crippen LogP) is 2.71. The van der Waals surface area contributed by atoms with E-state index in [2.05, 4.69) is 26.0 Å². The van der Waals surface area contributed by atoms with Gasteiger partial charge in [0.25, 0.3) is 0 Å². The first-order valence-corrected chi connectivity index (χ1v) is 9.13. The molecule has 0 aliphatic carbocycles. The van der Waals surface area contributed by atoms with E-state index in [1.807, 2.05) is 30.6 Å². The quantitative estimate of drug-likeness (QED) is 0.816. The predicted molar refractivity (Wildman–Crippen MR) is 85.3 cm³/mol. The van der Waals surface area contributed by atoms with Gasteiger partial charge in [0.05, 0.1) is 4.90 Å². The fourth-order valence-electron chi connectivity index (χ4n) is 1.72. The van der Waals surface area contributed by atoms with Crippen LogP contribution in [0.4, 0.5) is 0 Å². The summed E-state index contributed by atoms with van der Waals surface area (Å²) in [5.74, 6) is 0. The summed E-state index contributed by atoms with van der Waals surface area (Å²) in [5, 5.41) is 4.93. The van der Waals surface area contributed by atoms with Gasteiger partial charge in [-0.25, -0.2) is 13.1 Å². The van der Waals surface area contributed by atoms with E-state index in [0.29, 0.717) is 17.6 Å². The van der Waals surface area contributed by atoms with Gasteiger partial charge in [-0.05, 0) is 52.1 Å². The van der Waals surface area contributed by atoms with Crippen LogP contribution in [0.25, 0.3) is 0 Å². The number of thiophene rings is 1. The van der Waals surface area contributed by atoms with E-state index in [9.17, 15) is 8.42 Å². The number of benzene rings is 1. The highest BCUT2D eigenvalue weighted by molar-refractivity contribution is 9.10. The maximum atomic E-state index is 12.3. The van der Waals surface area contributed by atoms with Crippen LogP contribution >= 0.6 is 27.3 Å². The molecule has 2 aromatic rings. The third kappa shape index (κ3) is 3.89. The minimum Gasteiger partial charge on any atom is -0.316 e. The number of hydrogen-bond donors (Lipinski definition) is 2. The Labute approximate surface area is 131 Å². The number of nitrogens with one attached hydrogen (secondary N) is 2. The lowest BCUT2D eigenvalue weighted by Gasteiger charge is -2.10. The fraction of sp³-hybridized carbons (Fsp3) is 0.231. The first kappa shape index (κ1) is 15.7. The molecule has 1 heterocycles. The summed E-state index contributed by atoms with van der Waals surface area (Å²) in [5.41, 5.74) is 0.923. The molecule has 0 unspecified atom stereocenters. The summed E-state index contributed by atoms with van der Waals surface area (Å²) in [7, 11) is -1.70. The summed E-state index contributed by atoms with van der Waals surface area (Å²) >= 11 is 4.82. The van der Waals surface area contributed by atoms with Gasteiger partial charge in [0, 0.05) is 22.4 Å². The molecule has 0 saturated heterocycles. The zero-order chi connectivity index (χ0) is 14.6. The molecule has 0 aliphatic heterocycles. The van der Waals surface area contributed by atoms with Crippen molar-refractivity contribution in [3.8, 4) is 0 Å². The highest BCUT2D eigenvalue weighted by atomic mass is 79.9. The van der Waals surface area contributed by atoms with Crippen molar-refractivity contribution in [2.75, 3.05) is 7.05 Å². The first-order valence-electron chi connectivity index (χ1n) is 5.98. The van der Waals surface area contributed by atoms with E-state index in [-0.39, 0.29) is 4.90 Å². The Morgan fingerprint density at radius 2 is 2.05 bits per heavy atom. The highest BCUT2D eigenvalue weighted by Gasteiger charge is 2.18. The standard InChI is InChI=1S/C13H15BrN2O2S2/c1-15-8-10-4-5-12(14)13(7-10)20(17,18)16-9-11-3-2-6-19-11/h2-7,15-16H,8-9H2,1H3. The van der Waals surface area contributed by atoms with Crippen molar-refractivity contribution in [3.05, 3.63) is 50.6 Å². The molecular weight excluding hydrogens is 360 g/mol. The molecule has 1 aromatic carbocycles. The molecule has 0 bridgehead atoms. The van der Waals surface area contributed by atoms with Crippen LogP contribution in [0.3, 0.4) is 0 Å². The molecule has 0 atom stereocenters. The maximum Gasteiger partial charge on any atom is 0.242 e. The van der Waals surface area contributed by atoms with Crippen molar-refractivity contribution >= 4 is 37.3 Å². The van der Waals surface area contributed by atoms with E-state index >= 15 is 0 Å². The van der Waals surface area contributed by atoms with Crippen LogP contribution in [0.2, 0.25) is 0 Å². The van der Waals surface area contributed by atoms with Gasteiger partial charge in [-0.2, -0.15) is 0 Å². The average Bonchev–Trinajstić information content (AvgIpc) is 2.92. The Morgan fingerprint density at radius 3 is 2.70 bits per heavy atom. The molecule has 0 radical (unpaired) electrons. The largest absolute Gasteiger partial charge is 0.316 e. The van der Waals surface area contributed by atoms with Gasteiger partial charge >= 0.3 is 0 Å². The van der Waals surface area contributed by atoms with Gasteiger partial charge in [0.2, 0.25) is 10.0 Å². The van der Waals surface area contributed by atoms with Crippen LogP contribution in [-0.2, 0) is 23.1 Å². The Kier molecular flexibility index (Phi) is 5.34. The fourth-order valence-corrected chi connectivity index (χ4v) is 4.48. The molecule has 0 aliphatic rings. The van der Waals surface area contributed by atoms with E-state index in [1.54, 1.807) is 12.1 Å². The zero-order valence-corrected chi connectivity index (χ0v) is 14.1. The molecule has 2 N–H and O–H groups in total. The van der Waals surface area contributed by atoms with Gasteiger partial charge in [-0.1, -0.05) is 12.1 Å². The summed E-state index contributed by atoms with van der Waals surface area (Å²) in [6, 6.07) is 9.13. The van der Waals surface area contributed by atoms with E-state index < -0.39 is 10.0 Å². The molecule has 0 spiro atoms.